The molecule has 8 heteroatoms. The molecule has 0 spiro atoms. The summed E-state index contributed by atoms with van der Waals surface area (Å²) < 4.78 is 42.1. The van der Waals surface area contributed by atoms with Crippen molar-refractivity contribution in [2.75, 3.05) is 21.2 Å². The number of hydrogen-bond acceptors (Lipinski definition) is 4. The second kappa shape index (κ2) is 6.02. The summed E-state index contributed by atoms with van der Waals surface area (Å²) in [5.41, 5.74) is 3.92. The first-order valence-corrected chi connectivity index (χ1v) is 4.44. The van der Waals surface area contributed by atoms with Crippen LogP contribution in [0.1, 0.15) is 0 Å². The van der Waals surface area contributed by atoms with E-state index in [1.165, 1.54) is 17.3 Å². The third kappa shape index (κ3) is 4.66. The number of carbonyl (C=O) groups excluding carboxylic acids is 1. The Morgan fingerprint density at radius 3 is 2.24 bits per heavy atom. The lowest BCUT2D eigenvalue weighted by atomic mass is 10.3. The predicted octanol–water partition coefficient (Wildman–Crippen LogP) is 0.514. The van der Waals surface area contributed by atoms with Crippen molar-refractivity contribution in [2.45, 2.75) is 6.18 Å². The molecule has 0 aromatic rings. The molecule has 0 rings (SSSR count). The van der Waals surface area contributed by atoms with Crippen molar-refractivity contribution in [2.24, 2.45) is 5.73 Å². The lowest BCUT2D eigenvalue weighted by Crippen LogP contribution is -2.27. The maximum Gasteiger partial charge on any atom is 0.431 e. The minimum Gasteiger partial charge on any atom is -0.481 e. The second-order valence-corrected chi connectivity index (χ2v) is 3.18. The fourth-order valence-corrected chi connectivity index (χ4v) is 1.04. The molecule has 0 aliphatic heterocycles. The van der Waals surface area contributed by atoms with Gasteiger partial charge < -0.3 is 20.7 Å². The van der Waals surface area contributed by atoms with Gasteiger partial charge in [-0.15, -0.1) is 0 Å². The first-order chi connectivity index (χ1) is 7.73. The number of rotatable bonds is 5. The number of ether oxygens (including phenoxy) is 1. The molecule has 98 valence electrons. The van der Waals surface area contributed by atoms with Crippen LogP contribution in [0.2, 0.25) is 0 Å². The zero-order valence-electron chi connectivity index (χ0n) is 9.63. The summed E-state index contributed by atoms with van der Waals surface area (Å²) in [4.78, 5) is 11.5. The fraction of sp³-hybridized carbons (Fsp3) is 0.444. The van der Waals surface area contributed by atoms with Gasteiger partial charge in [0.1, 0.15) is 5.70 Å². The number of methoxy groups -OCH3 is 1. The van der Waals surface area contributed by atoms with E-state index < -0.39 is 11.9 Å². The van der Waals surface area contributed by atoms with Crippen LogP contribution in [0.3, 0.4) is 0 Å². The molecule has 1 amide bonds. The van der Waals surface area contributed by atoms with E-state index in [0.717, 1.165) is 0 Å². The summed E-state index contributed by atoms with van der Waals surface area (Å²) in [6.07, 6.45) is -4.18. The molecule has 0 heterocycles. The molecule has 0 aliphatic carbocycles. The third-order valence-electron chi connectivity index (χ3n) is 1.67. The normalized spacial score (nSPS) is 13.9. The van der Waals surface area contributed by atoms with Gasteiger partial charge in [0, 0.05) is 14.1 Å². The smallest absolute Gasteiger partial charge is 0.431 e. The molecule has 0 fully saturated rings. The van der Waals surface area contributed by atoms with Crippen LogP contribution in [-0.4, -0.2) is 38.7 Å². The number of allylic oxidation sites excluding steroid dienone is 2. The zero-order chi connectivity index (χ0) is 13.6. The van der Waals surface area contributed by atoms with Crippen LogP contribution >= 0.6 is 0 Å². The number of alkyl halides is 3. The zero-order valence-corrected chi connectivity index (χ0v) is 9.63. The summed E-state index contributed by atoms with van der Waals surface area (Å²) in [5.74, 6) is 0.0550. The summed E-state index contributed by atoms with van der Waals surface area (Å²) in [5, 5.41) is 1.54. The molecule has 0 bridgehead atoms. The fourth-order valence-electron chi connectivity index (χ4n) is 1.04. The topological polar surface area (TPSA) is 67.6 Å². The predicted molar refractivity (Wildman–Crippen MR) is 55.2 cm³/mol. The molecular weight excluding hydrogens is 239 g/mol. The van der Waals surface area contributed by atoms with Crippen LogP contribution in [-0.2, 0) is 9.53 Å². The average Bonchev–Trinajstić information content (AvgIpc) is 2.16. The molecule has 0 saturated carbocycles. The molecule has 0 unspecified atom stereocenters. The first-order valence-electron chi connectivity index (χ1n) is 4.44. The molecule has 0 radical (unpaired) electrons. The number of nitrogens with one attached hydrogen (secondary N) is 1. The van der Waals surface area contributed by atoms with Gasteiger partial charge in [-0.2, -0.15) is 13.2 Å². The molecule has 0 aromatic carbocycles. The van der Waals surface area contributed by atoms with Crippen molar-refractivity contribution in [3.05, 3.63) is 23.4 Å². The summed E-state index contributed by atoms with van der Waals surface area (Å²) >= 11 is 0. The van der Waals surface area contributed by atoms with Crippen LogP contribution < -0.4 is 11.1 Å². The highest BCUT2D eigenvalue weighted by Crippen LogP contribution is 2.24. The highest BCUT2D eigenvalue weighted by atomic mass is 19.4. The van der Waals surface area contributed by atoms with E-state index in [1.807, 2.05) is 0 Å². The first kappa shape index (κ1) is 15.1. The van der Waals surface area contributed by atoms with Gasteiger partial charge in [0.25, 0.3) is 0 Å². The standard InChI is InChI=1S/C9H14F3N3O2/c1-15(2)8(17-3)6(13)4-7(14-5-16)9(10,11)12/h4-5H,13H2,1-3H3,(H,14,16)/b7-4-,8-6+. The molecule has 0 atom stereocenters. The van der Waals surface area contributed by atoms with Gasteiger partial charge >= 0.3 is 6.18 Å². The number of carbonyl (C=O) groups is 1. The van der Waals surface area contributed by atoms with Crippen LogP contribution in [0.25, 0.3) is 0 Å². The highest BCUT2D eigenvalue weighted by molar-refractivity contribution is 5.51. The Labute approximate surface area is 96.7 Å². The maximum atomic E-state index is 12.4. The number of nitrogens with two attached hydrogens (primary N) is 1. The van der Waals surface area contributed by atoms with E-state index in [-0.39, 0.29) is 18.0 Å². The largest absolute Gasteiger partial charge is 0.481 e. The Bertz CT molecular complexity index is 335. The Morgan fingerprint density at radius 2 is 1.94 bits per heavy atom. The Balaban J connectivity index is 5.38. The summed E-state index contributed by atoms with van der Waals surface area (Å²) in [7, 11) is 4.39. The SMILES string of the molecule is CO/C(=C(N)\C=C(/NC=O)C(F)(F)F)N(C)C. The molecule has 0 aromatic heterocycles. The van der Waals surface area contributed by atoms with E-state index in [0.29, 0.717) is 6.08 Å². The van der Waals surface area contributed by atoms with Crippen molar-refractivity contribution < 1.29 is 22.7 Å². The van der Waals surface area contributed by atoms with Gasteiger partial charge in [0.15, 0.2) is 0 Å². The third-order valence-corrected chi connectivity index (χ3v) is 1.67. The van der Waals surface area contributed by atoms with E-state index in [9.17, 15) is 18.0 Å². The molecule has 0 saturated heterocycles. The van der Waals surface area contributed by atoms with Crippen LogP contribution in [0, 0.1) is 0 Å². The number of amides is 1. The lowest BCUT2D eigenvalue weighted by Gasteiger charge is -2.17. The Kier molecular flexibility index (Phi) is 5.36. The lowest BCUT2D eigenvalue weighted by molar-refractivity contribution is -0.116. The van der Waals surface area contributed by atoms with Crippen molar-refractivity contribution in [1.29, 1.82) is 0 Å². The van der Waals surface area contributed by atoms with Gasteiger partial charge in [-0.1, -0.05) is 0 Å². The van der Waals surface area contributed by atoms with Crippen molar-refractivity contribution in [3.8, 4) is 0 Å². The number of nitrogens with zero attached hydrogens (tertiary/aromatic N) is 1. The number of halogens is 3. The molecule has 17 heavy (non-hydrogen) atoms. The van der Waals surface area contributed by atoms with E-state index in [1.54, 1.807) is 14.1 Å². The van der Waals surface area contributed by atoms with E-state index in [2.05, 4.69) is 0 Å². The summed E-state index contributed by atoms with van der Waals surface area (Å²) in [6.45, 7) is 0. The highest BCUT2D eigenvalue weighted by Gasteiger charge is 2.34. The monoisotopic (exact) mass is 253 g/mol. The number of hydrogen-bond donors (Lipinski definition) is 2. The maximum absolute atomic E-state index is 12.4. The van der Waals surface area contributed by atoms with Crippen molar-refractivity contribution in [3.63, 3.8) is 0 Å². The van der Waals surface area contributed by atoms with Crippen molar-refractivity contribution >= 4 is 6.41 Å². The van der Waals surface area contributed by atoms with Gasteiger partial charge in [0.2, 0.25) is 12.3 Å². The van der Waals surface area contributed by atoms with E-state index in [4.69, 9.17) is 10.5 Å². The Hall–Kier alpha value is -1.86. The minimum absolute atomic E-state index is 0.0550. The molecule has 0 aliphatic rings. The van der Waals surface area contributed by atoms with Gasteiger partial charge in [-0.3, -0.25) is 4.79 Å². The van der Waals surface area contributed by atoms with E-state index >= 15 is 0 Å². The van der Waals surface area contributed by atoms with Gasteiger partial charge in [0.05, 0.1) is 12.8 Å². The molecular formula is C9H14F3N3O2. The van der Waals surface area contributed by atoms with Crippen LogP contribution in [0.4, 0.5) is 13.2 Å². The van der Waals surface area contributed by atoms with Gasteiger partial charge in [-0.05, 0) is 6.08 Å². The molecule has 3 N–H and O–H groups in total. The minimum atomic E-state index is -4.70. The van der Waals surface area contributed by atoms with Crippen molar-refractivity contribution in [1.82, 2.24) is 10.2 Å². The second-order valence-electron chi connectivity index (χ2n) is 3.18. The average molecular weight is 253 g/mol. The quantitative estimate of drug-likeness (QED) is 0.425. The summed E-state index contributed by atoms with van der Waals surface area (Å²) in [6, 6.07) is 0. The Morgan fingerprint density at radius 1 is 1.41 bits per heavy atom. The van der Waals surface area contributed by atoms with Gasteiger partial charge in [-0.25, -0.2) is 0 Å². The van der Waals surface area contributed by atoms with Crippen LogP contribution in [0.5, 0.6) is 0 Å². The molecule has 5 nitrogen and oxygen atoms in total. The van der Waals surface area contributed by atoms with Crippen LogP contribution in [0.15, 0.2) is 23.4 Å².